The first-order chi connectivity index (χ1) is 67.3. The largest absolute Gasteiger partial charge is 0.416 e. The van der Waals surface area contributed by atoms with Crippen molar-refractivity contribution in [2.75, 3.05) is 66.4 Å². The fourth-order valence-electron chi connectivity index (χ4n) is 9.79. The van der Waals surface area contributed by atoms with Gasteiger partial charge in [0.2, 0.25) is 11.8 Å². The summed E-state index contributed by atoms with van der Waals surface area (Å²) in [4.78, 5) is 58.0. The second-order valence-electron chi connectivity index (χ2n) is 21.9. The van der Waals surface area contributed by atoms with Gasteiger partial charge in [-0.15, -0.1) is 23.5 Å². The molecule has 24 heteroatoms. The van der Waals surface area contributed by atoms with E-state index in [9.17, 15) is 54.0 Å². The summed E-state index contributed by atoms with van der Waals surface area (Å²) in [5, 5.41) is -3.03. The number of pyridine rings is 2. The second-order valence-corrected chi connectivity index (χ2v) is 23.5. The molecule has 0 unspecified atom stereocenters. The Labute approximate surface area is 670 Å². The van der Waals surface area contributed by atoms with Gasteiger partial charge in [-0.1, -0.05) is 115 Å². The van der Waals surface area contributed by atoms with Crippen LogP contribution in [0.2, 0.25) is 0 Å². The molecule has 2 aliphatic heterocycles. The molecule has 0 radical (unpaired) electrons. The second kappa shape index (κ2) is 34.9. The van der Waals surface area contributed by atoms with Crippen molar-refractivity contribution in [1.82, 2.24) is 28.7 Å². The minimum atomic E-state index is -5.50. The number of rotatable bonds is 24. The molecule has 12 rings (SSSR count). The highest BCUT2D eigenvalue weighted by Gasteiger charge is 2.34. The van der Waals surface area contributed by atoms with Crippen LogP contribution in [-0.4, -0.2) is 119 Å². The van der Waals surface area contributed by atoms with Crippen molar-refractivity contribution in [3.8, 4) is 22.3 Å². The number of benzene rings is 8. The summed E-state index contributed by atoms with van der Waals surface area (Å²) in [6, 6.07) is -11.3. The number of aromatic nitrogens is 2. The predicted octanol–water partition coefficient (Wildman–Crippen LogP) is 17.1. The Morgan fingerprint density at radius 3 is 1.74 bits per heavy atom. The lowest BCUT2D eigenvalue weighted by molar-refractivity contribution is -0.138. The van der Waals surface area contributed by atoms with Gasteiger partial charge >= 0.3 is 12.4 Å². The number of hydrogen-bond acceptors (Lipinski definition) is 10. The molecule has 12 nitrogen and oxygen atoms in total. The third kappa shape index (κ3) is 19.3. The van der Waals surface area contributed by atoms with Crippen molar-refractivity contribution in [2.24, 2.45) is 0 Å². The number of fused-ring (bicyclic) bond motifs is 2. The summed E-state index contributed by atoms with van der Waals surface area (Å²) in [7, 11) is -6.35. The van der Waals surface area contributed by atoms with E-state index in [1.54, 1.807) is 0 Å². The average Bonchev–Trinajstić information content (AvgIpc) is 0.666. The molecule has 0 bridgehead atoms. The lowest BCUT2D eigenvalue weighted by atomic mass is 9.97. The van der Waals surface area contributed by atoms with Crippen LogP contribution in [0.4, 0.5) is 43.9 Å². The normalized spacial score (nSPS) is 25.1. The van der Waals surface area contributed by atoms with Gasteiger partial charge in [-0.2, -0.15) is 26.3 Å². The van der Waals surface area contributed by atoms with Crippen LogP contribution in [0.5, 0.6) is 0 Å². The topological polar surface area (TPSA) is 110 Å². The zero-order valence-electron chi connectivity index (χ0n) is 96.6. The van der Waals surface area contributed by atoms with Gasteiger partial charge in [-0.3, -0.25) is 19.2 Å². The number of carbonyl (C=O) groups excluding carboxylic acids is 2. The van der Waals surface area contributed by atoms with Crippen molar-refractivity contribution < 1.29 is 122 Å². The number of hydrogen-bond donors (Lipinski definition) is 0. The smallest absolute Gasteiger partial charge is 0.383 e. The van der Waals surface area contributed by atoms with Crippen molar-refractivity contribution in [1.29, 1.82) is 0 Å². The van der Waals surface area contributed by atoms with Crippen LogP contribution in [0.15, 0.2) is 207 Å². The van der Waals surface area contributed by atoms with Gasteiger partial charge in [0, 0.05) is 151 Å². The maximum atomic E-state index is 15.7. The number of halogens is 10. The molecular weight excluding hydrogens is 1410 g/mol. The van der Waals surface area contributed by atoms with Crippen molar-refractivity contribution in [3.63, 3.8) is 0 Å². The van der Waals surface area contributed by atoms with E-state index in [-0.39, 0.29) is 52.4 Å². The molecule has 4 heterocycles. The molecule has 0 atom stereocenters. The van der Waals surface area contributed by atoms with Crippen molar-refractivity contribution >= 4 is 57.1 Å². The quantitative estimate of drug-likeness (QED) is 0.0428. The SMILES string of the molecule is [2H]C([2H])([2H])OCCN1C([2H])([2H])C([2H])([2H])C([2H])(N(Cc2ccc(-c3ccc(C(F)(F)F)cc3)cc2)C(=O)Cn2c(SC([2H])([2H])c3cccc(F)c3F)cc(=O)c3ccccc32)C([2H])([2H])C1([2H])[2H].[2H]c1c([2H])c(F)c(F)c(C([2H])([2H])Sc2c([2H])c(=O)c3c([2H])c([2H])c([2H])c([2H])c3n2CC(=O)N(Cc2c([2H])c([2H])c(-c3c([2H])c([2H])c(C(F)(F)F)c([2H])c3[2H])c([2H])c2C)C2([2H])C([2H])([2H])C([2H])([2H])N(CCOC([2H])([2H])[2H])C([2H])([2H])C2([2H])[2H])c1[2H]. The van der Waals surface area contributed by atoms with Crippen LogP contribution in [0.1, 0.15) is 123 Å². The monoisotopic (exact) mass is 1530 g/mol. The molecule has 2 aromatic heterocycles. The highest BCUT2D eigenvalue weighted by atomic mass is 32.2. The van der Waals surface area contributed by atoms with Gasteiger partial charge in [0.05, 0.1) is 77.0 Å². The molecule has 550 valence electrons. The number of amides is 2. The number of thioether (sulfide) groups is 2. The Balaban J connectivity index is 0.000000288. The molecule has 8 aromatic carbocycles. The molecule has 0 saturated carbocycles. The molecule has 2 aliphatic rings. The van der Waals surface area contributed by atoms with Crippen LogP contribution in [0, 0.1) is 30.2 Å². The number of likely N-dealkylation sites (tertiary alicyclic amines) is 2. The molecular formula is C81H78F10N6O6S2. The van der Waals surface area contributed by atoms with E-state index in [2.05, 4.69) is 9.47 Å². The number of ether oxygens (including phenoxy) is 2. The van der Waals surface area contributed by atoms with Crippen molar-refractivity contribution in [3.05, 3.63) is 270 Å². The van der Waals surface area contributed by atoms with Gasteiger partial charge in [0.25, 0.3) is 0 Å². The number of piperidine rings is 2. The first kappa shape index (κ1) is 39.0. The van der Waals surface area contributed by atoms with E-state index in [4.69, 9.17) is 45.2 Å². The number of methoxy groups -OCH3 is 2. The molecule has 0 aliphatic carbocycles. The van der Waals surface area contributed by atoms with Gasteiger partial charge in [-0.05, 0) is 132 Å². The maximum absolute atomic E-state index is 15.7. The molecule has 0 N–H and O–H groups in total. The van der Waals surface area contributed by atoms with Crippen LogP contribution in [0.25, 0.3) is 44.1 Å². The van der Waals surface area contributed by atoms with Crippen LogP contribution >= 0.6 is 23.5 Å². The number of alkyl halides is 6. The van der Waals surface area contributed by atoms with Gasteiger partial charge in [-0.25, -0.2) is 17.6 Å². The first-order valence-electron chi connectivity index (χ1n) is 51.8. The molecule has 2 fully saturated rings. The summed E-state index contributed by atoms with van der Waals surface area (Å²) in [6.07, 6.45) is -26.9. The summed E-state index contributed by atoms with van der Waals surface area (Å²) in [5.74, 6) is -11.0. The van der Waals surface area contributed by atoms with E-state index in [1.165, 1.54) is 60.7 Å². The Bertz CT molecular complexity index is 6960. The number of carbonyl (C=O) groups is 2. The first-order valence-corrected chi connectivity index (χ1v) is 31.9. The van der Waals surface area contributed by atoms with Crippen LogP contribution < -0.4 is 10.9 Å². The zero-order chi connectivity index (χ0) is 112. The average molecular weight is 1530 g/mol. The molecule has 2 saturated heterocycles. The Morgan fingerprint density at radius 1 is 0.552 bits per heavy atom. The van der Waals surface area contributed by atoms with E-state index < -0.39 is 368 Å². The van der Waals surface area contributed by atoms with Crippen molar-refractivity contribution in [2.45, 2.75) is 104 Å². The maximum Gasteiger partial charge on any atom is 0.416 e. The Morgan fingerprint density at radius 2 is 1.11 bits per heavy atom. The van der Waals surface area contributed by atoms with Crippen LogP contribution in [0.3, 0.4) is 0 Å². The fraction of sp³-hybridized carbons (Fsp3) is 0.309. The van der Waals surface area contributed by atoms with E-state index in [0.29, 0.717) is 11.1 Å². The van der Waals surface area contributed by atoms with E-state index in [0.717, 1.165) is 47.9 Å². The summed E-state index contributed by atoms with van der Waals surface area (Å²) in [5.41, 5.74) is -19.3. The molecule has 2 amide bonds. The van der Waals surface area contributed by atoms with E-state index >= 15 is 22.8 Å². The third-order valence-corrected chi connectivity index (χ3v) is 16.8. The summed E-state index contributed by atoms with van der Waals surface area (Å²) >= 11 is -0.423. The highest BCUT2D eigenvalue weighted by Crippen LogP contribution is 2.36. The minimum Gasteiger partial charge on any atom is -0.383 e. The summed E-state index contributed by atoms with van der Waals surface area (Å²) in [6.45, 7) is -25.4. The fourth-order valence-corrected chi connectivity index (χ4v) is 11.3. The van der Waals surface area contributed by atoms with E-state index in [1.807, 2.05) is 0 Å². The highest BCUT2D eigenvalue weighted by molar-refractivity contribution is 7.98. The Kier molecular flexibility index (Phi) is 13.0. The predicted molar refractivity (Wildman–Crippen MR) is 391 cm³/mol. The molecule has 10 aromatic rings. The number of nitrogens with zero attached hydrogens (tertiary/aromatic N) is 6. The third-order valence-electron chi connectivity index (χ3n) is 15.1. The lowest BCUT2D eigenvalue weighted by Crippen LogP contribution is -2.48. The standard InChI is InChI=1S/C41H40F5N3O3S.C40H38F5N3O3S/c1-27-22-29(28-12-14-32(15-13-28)41(44,45)46)10-11-30(27)24-48(33-16-18-47(19-17-33)20-21-52-2)38(51)25-49-36-9-4-3-7-34(36)37(50)23-39(49)53-26-31-6-5-8-35(42)40(31)43;1-51-22-21-46-19-17-32(18-20-46)47(24-27-9-11-28(12-10-27)29-13-15-31(16-14-29)40(43,44)45)37(50)25-48-35-8-3-2-6-33(35)36(49)23-38(48)52-26-30-5-4-7-34(41)39(30)42/h3-15,22-23,33H,16-21,24-26H2,1-2H3;2-16,23,32H,17-22,24-26H2,1H3/i2D3,3D,4D,5D,6D,7D,8D,9D,10D,11D,12D,13D,14D,15D,16D2,17D2,18D2,19D2,22D,23D,26D2,33D;1D3,17D2,18D2,19D2,20D2,26D2,32D. The van der Waals surface area contributed by atoms with Crippen LogP contribution in [-0.2, 0) is 69.0 Å². The molecule has 105 heavy (non-hydrogen) atoms. The summed E-state index contributed by atoms with van der Waals surface area (Å²) < 4.78 is 524. The zero-order valence-corrected chi connectivity index (χ0v) is 55.3. The number of para-hydroxylation sites is 2. The van der Waals surface area contributed by atoms with Gasteiger partial charge < -0.3 is 38.2 Å². The molecule has 0 spiro atoms. The van der Waals surface area contributed by atoms with Gasteiger partial charge in [0.1, 0.15) is 13.1 Å². The van der Waals surface area contributed by atoms with Gasteiger partial charge in [0.15, 0.2) is 34.1 Å². The Hall–Kier alpha value is -9.04. The minimum absolute atomic E-state index is 0.0101. The lowest BCUT2D eigenvalue weighted by Gasteiger charge is -2.39.